The number of hydrogen-bond donors (Lipinski definition) is 1. The monoisotopic (exact) mass is 381 g/mol. The number of amides is 1. The summed E-state index contributed by atoms with van der Waals surface area (Å²) in [5, 5.41) is 4.34. The van der Waals surface area contributed by atoms with Crippen molar-refractivity contribution >= 4 is 34.0 Å². The molecular formula is C23H19N5O. The number of nitrogens with zero attached hydrogens (tertiary/aromatic N) is 4. The summed E-state index contributed by atoms with van der Waals surface area (Å²) in [6.45, 7) is 2.46. The normalized spacial score (nSPS) is 12.8. The van der Waals surface area contributed by atoms with E-state index in [-0.39, 0.29) is 5.91 Å². The number of pyridine rings is 1. The van der Waals surface area contributed by atoms with Crippen molar-refractivity contribution in [2.45, 2.75) is 13.3 Å². The third-order valence-corrected chi connectivity index (χ3v) is 5.08. The number of benzene rings is 2. The zero-order valence-electron chi connectivity index (χ0n) is 16.0. The number of hydrogen-bond acceptors (Lipinski definition) is 5. The Balaban J connectivity index is 1.49. The second-order valence-electron chi connectivity index (χ2n) is 7.03. The molecule has 0 bridgehead atoms. The molecule has 5 rings (SSSR count). The van der Waals surface area contributed by atoms with E-state index in [1.165, 1.54) is 5.56 Å². The van der Waals surface area contributed by atoms with Crippen molar-refractivity contribution in [3.8, 4) is 0 Å². The lowest BCUT2D eigenvalue weighted by Gasteiger charge is -2.17. The topological polar surface area (TPSA) is 71.0 Å². The molecule has 1 aliphatic rings. The Morgan fingerprint density at radius 1 is 1.03 bits per heavy atom. The summed E-state index contributed by atoms with van der Waals surface area (Å²) in [7, 11) is 0. The second-order valence-corrected chi connectivity index (χ2v) is 7.03. The van der Waals surface area contributed by atoms with Crippen LogP contribution in [-0.2, 0) is 6.42 Å². The van der Waals surface area contributed by atoms with Crippen molar-refractivity contribution in [1.82, 2.24) is 15.0 Å². The number of fused-ring (bicyclic) bond motifs is 2. The number of carbonyl (C=O) groups excluding carboxylic acids is 1. The molecule has 3 heterocycles. The average Bonchev–Trinajstić information content (AvgIpc) is 3.17. The SMILES string of the molecule is Cc1nc(Nc2cccc3cccnc23)cc(C(=O)N2CCc3ccccc32)n1. The van der Waals surface area contributed by atoms with Crippen LogP contribution in [0.15, 0.2) is 66.9 Å². The van der Waals surface area contributed by atoms with E-state index in [2.05, 4.69) is 26.3 Å². The fraction of sp³-hybridized carbons (Fsp3) is 0.130. The minimum atomic E-state index is -0.112. The molecule has 1 N–H and O–H groups in total. The number of nitrogens with one attached hydrogen (secondary N) is 1. The summed E-state index contributed by atoms with van der Waals surface area (Å²) >= 11 is 0. The maximum atomic E-state index is 13.2. The third-order valence-electron chi connectivity index (χ3n) is 5.08. The fourth-order valence-electron chi connectivity index (χ4n) is 3.77. The van der Waals surface area contributed by atoms with Gasteiger partial charge in [-0.3, -0.25) is 9.78 Å². The maximum absolute atomic E-state index is 13.2. The predicted molar refractivity (Wildman–Crippen MR) is 114 cm³/mol. The van der Waals surface area contributed by atoms with E-state index in [0.717, 1.165) is 28.7 Å². The molecular weight excluding hydrogens is 362 g/mol. The first-order chi connectivity index (χ1) is 14.2. The maximum Gasteiger partial charge on any atom is 0.277 e. The number of anilines is 3. The van der Waals surface area contributed by atoms with Crippen LogP contribution in [0, 0.1) is 6.92 Å². The molecule has 0 saturated heterocycles. The summed E-state index contributed by atoms with van der Waals surface area (Å²) in [4.78, 5) is 28.3. The molecule has 2 aromatic heterocycles. The zero-order valence-corrected chi connectivity index (χ0v) is 16.0. The van der Waals surface area contributed by atoms with Crippen molar-refractivity contribution in [3.05, 3.63) is 83.9 Å². The van der Waals surface area contributed by atoms with Crippen LogP contribution in [0.2, 0.25) is 0 Å². The summed E-state index contributed by atoms with van der Waals surface area (Å²) in [5.41, 5.74) is 4.22. The molecule has 29 heavy (non-hydrogen) atoms. The van der Waals surface area contributed by atoms with Gasteiger partial charge in [0.1, 0.15) is 17.3 Å². The smallest absolute Gasteiger partial charge is 0.277 e. The van der Waals surface area contributed by atoms with Crippen molar-refractivity contribution in [2.24, 2.45) is 0 Å². The summed E-state index contributed by atoms with van der Waals surface area (Å²) in [6, 6.07) is 19.6. The van der Waals surface area contributed by atoms with Crippen molar-refractivity contribution < 1.29 is 4.79 Å². The van der Waals surface area contributed by atoms with Crippen LogP contribution in [0.5, 0.6) is 0 Å². The lowest BCUT2D eigenvalue weighted by molar-refractivity contribution is 0.0984. The van der Waals surface area contributed by atoms with Gasteiger partial charge in [0.25, 0.3) is 5.91 Å². The van der Waals surface area contributed by atoms with Crippen molar-refractivity contribution in [1.29, 1.82) is 0 Å². The first-order valence-electron chi connectivity index (χ1n) is 9.55. The van der Waals surface area contributed by atoms with Crippen molar-refractivity contribution in [2.75, 3.05) is 16.8 Å². The highest BCUT2D eigenvalue weighted by Crippen LogP contribution is 2.29. The molecule has 0 spiro atoms. The van der Waals surface area contributed by atoms with Gasteiger partial charge in [0.05, 0.1) is 11.2 Å². The minimum Gasteiger partial charge on any atom is -0.338 e. The van der Waals surface area contributed by atoms with Gasteiger partial charge in [-0.2, -0.15) is 0 Å². The average molecular weight is 381 g/mol. The number of rotatable bonds is 3. The van der Waals surface area contributed by atoms with Crippen LogP contribution in [0.4, 0.5) is 17.2 Å². The van der Waals surface area contributed by atoms with E-state index >= 15 is 0 Å². The van der Waals surface area contributed by atoms with Gasteiger partial charge < -0.3 is 10.2 Å². The largest absolute Gasteiger partial charge is 0.338 e. The van der Waals surface area contributed by atoms with Crippen LogP contribution in [-0.4, -0.2) is 27.4 Å². The first-order valence-corrected chi connectivity index (χ1v) is 9.55. The molecule has 0 unspecified atom stereocenters. The molecule has 142 valence electrons. The number of aryl methyl sites for hydroxylation is 1. The van der Waals surface area contributed by atoms with Crippen molar-refractivity contribution in [3.63, 3.8) is 0 Å². The van der Waals surface area contributed by atoms with Gasteiger partial charge in [0.15, 0.2) is 0 Å². The Kier molecular flexibility index (Phi) is 4.17. The highest BCUT2D eigenvalue weighted by atomic mass is 16.2. The molecule has 6 nitrogen and oxygen atoms in total. The Bertz CT molecular complexity index is 1230. The Hall–Kier alpha value is -3.80. The Morgan fingerprint density at radius 2 is 1.90 bits per heavy atom. The highest BCUT2D eigenvalue weighted by molar-refractivity contribution is 6.06. The highest BCUT2D eigenvalue weighted by Gasteiger charge is 2.26. The fourth-order valence-corrected chi connectivity index (χ4v) is 3.77. The molecule has 4 aromatic rings. The number of carbonyl (C=O) groups is 1. The minimum absolute atomic E-state index is 0.112. The molecule has 0 saturated carbocycles. The quantitative estimate of drug-likeness (QED) is 0.574. The van der Waals surface area contributed by atoms with E-state index in [4.69, 9.17) is 0 Å². The molecule has 0 atom stereocenters. The molecule has 0 aliphatic carbocycles. The molecule has 0 radical (unpaired) electrons. The summed E-state index contributed by atoms with van der Waals surface area (Å²) in [5.74, 6) is 1.00. The Labute approximate surface area is 168 Å². The summed E-state index contributed by atoms with van der Waals surface area (Å²) in [6.07, 6.45) is 2.62. The molecule has 1 amide bonds. The van der Waals surface area contributed by atoms with E-state index < -0.39 is 0 Å². The molecule has 2 aromatic carbocycles. The van der Waals surface area contributed by atoms with E-state index in [9.17, 15) is 4.79 Å². The Morgan fingerprint density at radius 3 is 2.83 bits per heavy atom. The molecule has 6 heteroatoms. The standard InChI is InChI=1S/C23H19N5O/c1-15-25-19(23(29)28-13-11-16-6-2-3-10-20(16)28)14-21(26-15)27-18-9-4-7-17-8-5-12-24-22(17)18/h2-10,12,14H,11,13H2,1H3,(H,25,26,27). The van der Waals surface area contributed by atoms with E-state index in [0.29, 0.717) is 23.9 Å². The van der Waals surface area contributed by atoms with Crippen LogP contribution in [0.1, 0.15) is 21.9 Å². The van der Waals surface area contributed by atoms with Crippen LogP contribution in [0.25, 0.3) is 10.9 Å². The van der Waals surface area contributed by atoms with Gasteiger partial charge in [-0.1, -0.05) is 36.4 Å². The van der Waals surface area contributed by atoms with Gasteiger partial charge >= 0.3 is 0 Å². The zero-order chi connectivity index (χ0) is 19.8. The van der Waals surface area contributed by atoms with Gasteiger partial charge in [-0.05, 0) is 37.1 Å². The van der Waals surface area contributed by atoms with Gasteiger partial charge in [0.2, 0.25) is 0 Å². The van der Waals surface area contributed by atoms with Crippen LogP contribution >= 0.6 is 0 Å². The molecule has 1 aliphatic heterocycles. The second kappa shape index (κ2) is 6.98. The first kappa shape index (κ1) is 17.3. The van der Waals surface area contributed by atoms with E-state index in [1.54, 1.807) is 24.1 Å². The van der Waals surface area contributed by atoms with Gasteiger partial charge in [-0.15, -0.1) is 0 Å². The third kappa shape index (κ3) is 3.18. The van der Waals surface area contributed by atoms with Crippen LogP contribution in [0.3, 0.4) is 0 Å². The predicted octanol–water partition coefficient (Wildman–Crippen LogP) is 4.28. The van der Waals surface area contributed by atoms with E-state index in [1.807, 2.05) is 48.5 Å². The lowest BCUT2D eigenvalue weighted by atomic mass is 10.2. The van der Waals surface area contributed by atoms with Gasteiger partial charge in [-0.25, -0.2) is 9.97 Å². The molecule has 0 fully saturated rings. The number of aromatic nitrogens is 3. The summed E-state index contributed by atoms with van der Waals surface area (Å²) < 4.78 is 0. The number of para-hydroxylation sites is 2. The van der Waals surface area contributed by atoms with Crippen LogP contribution < -0.4 is 10.2 Å². The lowest BCUT2D eigenvalue weighted by Crippen LogP contribution is -2.30. The van der Waals surface area contributed by atoms with Gasteiger partial charge in [0, 0.05) is 29.9 Å².